The van der Waals surface area contributed by atoms with E-state index in [9.17, 15) is 9.59 Å². The molecule has 0 aliphatic carbocycles. The van der Waals surface area contributed by atoms with Crippen LogP contribution in [0.3, 0.4) is 0 Å². The smallest absolute Gasteiger partial charge is 0.315 e. The van der Waals surface area contributed by atoms with Gasteiger partial charge in [0, 0.05) is 19.3 Å². The predicted octanol–water partition coefficient (Wildman–Crippen LogP) is 2.60. The summed E-state index contributed by atoms with van der Waals surface area (Å²) >= 11 is 0. The Morgan fingerprint density at radius 3 is 2.56 bits per heavy atom. The number of anilines is 2. The normalized spacial score (nSPS) is 10.3. The molecule has 0 aliphatic heterocycles. The molecule has 0 unspecified atom stereocenters. The molecule has 3 amide bonds. The lowest BCUT2D eigenvalue weighted by atomic mass is 10.2. The summed E-state index contributed by atoms with van der Waals surface area (Å²) in [6, 6.07) is 9.93. The Morgan fingerprint density at radius 1 is 1.20 bits per heavy atom. The SMILES string of the molecule is CCCCN(Cc1ccc(C(=O)Nc2ccccc2N)nc1)C(N)=O. The number of nitrogens with two attached hydrogens (primary N) is 2. The summed E-state index contributed by atoms with van der Waals surface area (Å²) in [6.45, 7) is 3.02. The Hall–Kier alpha value is -3.09. The van der Waals surface area contributed by atoms with E-state index >= 15 is 0 Å². The van der Waals surface area contributed by atoms with Crippen molar-refractivity contribution in [1.29, 1.82) is 0 Å². The first-order chi connectivity index (χ1) is 12.0. The van der Waals surface area contributed by atoms with E-state index in [0.717, 1.165) is 18.4 Å². The molecule has 0 atom stereocenters. The Bertz CT molecular complexity index is 731. The Labute approximate surface area is 147 Å². The molecule has 2 rings (SSSR count). The molecule has 1 heterocycles. The lowest BCUT2D eigenvalue weighted by Crippen LogP contribution is -2.36. The average Bonchev–Trinajstić information content (AvgIpc) is 2.60. The van der Waals surface area contributed by atoms with Crippen LogP contribution in [0.1, 0.15) is 35.8 Å². The van der Waals surface area contributed by atoms with Gasteiger partial charge >= 0.3 is 6.03 Å². The van der Waals surface area contributed by atoms with Crippen molar-refractivity contribution in [1.82, 2.24) is 9.88 Å². The number of carbonyl (C=O) groups is 2. The lowest BCUT2D eigenvalue weighted by Gasteiger charge is -2.20. The number of amides is 3. The highest BCUT2D eigenvalue weighted by Crippen LogP contribution is 2.17. The molecule has 0 spiro atoms. The highest BCUT2D eigenvalue weighted by atomic mass is 16.2. The molecular formula is C18H23N5O2. The molecule has 0 radical (unpaired) electrons. The van der Waals surface area contributed by atoms with Gasteiger partial charge in [-0.1, -0.05) is 31.5 Å². The van der Waals surface area contributed by atoms with Gasteiger partial charge in [-0.05, 0) is 30.2 Å². The summed E-state index contributed by atoms with van der Waals surface area (Å²) < 4.78 is 0. The third-order valence-electron chi connectivity index (χ3n) is 3.73. The number of primary amides is 1. The van der Waals surface area contributed by atoms with E-state index in [2.05, 4.69) is 10.3 Å². The summed E-state index contributed by atoms with van der Waals surface area (Å²) in [7, 11) is 0. The lowest BCUT2D eigenvalue weighted by molar-refractivity contribution is 0.102. The van der Waals surface area contributed by atoms with E-state index < -0.39 is 6.03 Å². The van der Waals surface area contributed by atoms with Crippen molar-refractivity contribution in [2.45, 2.75) is 26.3 Å². The number of urea groups is 1. The van der Waals surface area contributed by atoms with Crippen molar-refractivity contribution in [3.63, 3.8) is 0 Å². The van der Waals surface area contributed by atoms with Crippen LogP contribution >= 0.6 is 0 Å². The molecule has 0 saturated heterocycles. The zero-order valence-corrected chi connectivity index (χ0v) is 14.2. The van der Waals surface area contributed by atoms with E-state index in [4.69, 9.17) is 11.5 Å². The number of nitrogen functional groups attached to an aromatic ring is 1. The number of nitrogens with one attached hydrogen (secondary N) is 1. The molecule has 1 aromatic heterocycles. The van der Waals surface area contributed by atoms with E-state index in [-0.39, 0.29) is 11.6 Å². The molecule has 7 nitrogen and oxygen atoms in total. The molecule has 0 saturated carbocycles. The Morgan fingerprint density at radius 2 is 1.96 bits per heavy atom. The van der Waals surface area contributed by atoms with E-state index in [1.165, 1.54) is 0 Å². The highest BCUT2D eigenvalue weighted by Gasteiger charge is 2.12. The first kappa shape index (κ1) is 18.3. The molecule has 0 aliphatic rings. The predicted molar refractivity (Wildman–Crippen MR) is 97.9 cm³/mol. The third kappa shape index (κ3) is 5.20. The second-order valence-corrected chi connectivity index (χ2v) is 5.71. The van der Waals surface area contributed by atoms with Gasteiger partial charge in [0.05, 0.1) is 11.4 Å². The second kappa shape index (κ2) is 8.68. The van der Waals surface area contributed by atoms with Gasteiger partial charge in [-0.2, -0.15) is 0 Å². The number of unbranched alkanes of at least 4 members (excludes halogenated alkanes) is 1. The number of carbonyl (C=O) groups excluding carboxylic acids is 2. The largest absolute Gasteiger partial charge is 0.397 e. The van der Waals surface area contributed by atoms with Crippen LogP contribution in [0.15, 0.2) is 42.6 Å². The maximum atomic E-state index is 12.2. The monoisotopic (exact) mass is 341 g/mol. The third-order valence-corrected chi connectivity index (χ3v) is 3.73. The summed E-state index contributed by atoms with van der Waals surface area (Å²) in [5.41, 5.74) is 13.3. The number of hydrogen-bond donors (Lipinski definition) is 3. The number of hydrogen-bond acceptors (Lipinski definition) is 4. The van der Waals surface area contributed by atoms with Gasteiger partial charge in [-0.3, -0.25) is 9.78 Å². The standard InChI is InChI=1S/C18H23N5O2/c1-2-3-10-23(18(20)25)12-13-8-9-16(21-11-13)17(24)22-15-7-5-4-6-14(15)19/h4-9,11H,2-3,10,12,19H2,1H3,(H2,20,25)(H,22,24). The van der Waals surface area contributed by atoms with Crippen molar-refractivity contribution < 1.29 is 9.59 Å². The van der Waals surface area contributed by atoms with Crippen molar-refractivity contribution in [2.75, 3.05) is 17.6 Å². The topological polar surface area (TPSA) is 114 Å². The molecule has 2 aromatic rings. The molecule has 5 N–H and O–H groups in total. The molecular weight excluding hydrogens is 318 g/mol. The quantitative estimate of drug-likeness (QED) is 0.671. The maximum Gasteiger partial charge on any atom is 0.315 e. The first-order valence-corrected chi connectivity index (χ1v) is 8.16. The number of benzene rings is 1. The fraction of sp³-hybridized carbons (Fsp3) is 0.278. The van der Waals surface area contributed by atoms with E-state index in [1.807, 2.05) is 6.92 Å². The zero-order valence-electron chi connectivity index (χ0n) is 14.2. The number of pyridine rings is 1. The second-order valence-electron chi connectivity index (χ2n) is 5.71. The average molecular weight is 341 g/mol. The summed E-state index contributed by atoms with van der Waals surface area (Å²) in [5, 5.41) is 2.72. The van der Waals surface area contributed by atoms with Crippen molar-refractivity contribution >= 4 is 23.3 Å². The van der Waals surface area contributed by atoms with Crippen LogP contribution in [0.4, 0.5) is 16.2 Å². The van der Waals surface area contributed by atoms with E-state index in [0.29, 0.717) is 24.5 Å². The van der Waals surface area contributed by atoms with Gasteiger partial charge in [0.25, 0.3) is 5.91 Å². The molecule has 7 heteroatoms. The number of nitrogens with zero attached hydrogens (tertiary/aromatic N) is 2. The zero-order chi connectivity index (χ0) is 18.2. The van der Waals surface area contributed by atoms with Gasteiger partial charge in [-0.15, -0.1) is 0 Å². The number of para-hydroxylation sites is 2. The highest BCUT2D eigenvalue weighted by molar-refractivity contribution is 6.04. The fourth-order valence-corrected chi connectivity index (χ4v) is 2.29. The van der Waals surface area contributed by atoms with Gasteiger partial charge in [-0.25, -0.2) is 4.79 Å². The van der Waals surface area contributed by atoms with Crippen LogP contribution in [-0.4, -0.2) is 28.4 Å². The Kier molecular flexibility index (Phi) is 6.33. The van der Waals surface area contributed by atoms with Gasteiger partial charge in [0.1, 0.15) is 5.69 Å². The number of aromatic nitrogens is 1. The van der Waals surface area contributed by atoms with Gasteiger partial charge in [0.15, 0.2) is 0 Å². The van der Waals surface area contributed by atoms with Crippen molar-refractivity contribution in [3.8, 4) is 0 Å². The van der Waals surface area contributed by atoms with Crippen LogP contribution in [0, 0.1) is 0 Å². The van der Waals surface area contributed by atoms with Crippen LogP contribution in [0.2, 0.25) is 0 Å². The molecule has 0 fully saturated rings. The molecule has 1 aromatic carbocycles. The minimum Gasteiger partial charge on any atom is -0.397 e. The van der Waals surface area contributed by atoms with Crippen molar-refractivity contribution in [2.24, 2.45) is 5.73 Å². The minimum atomic E-state index is -0.463. The van der Waals surface area contributed by atoms with Gasteiger partial charge < -0.3 is 21.7 Å². The van der Waals surface area contributed by atoms with Crippen LogP contribution in [0.25, 0.3) is 0 Å². The minimum absolute atomic E-state index is 0.270. The molecule has 132 valence electrons. The van der Waals surface area contributed by atoms with Crippen LogP contribution in [0.5, 0.6) is 0 Å². The van der Waals surface area contributed by atoms with Crippen LogP contribution < -0.4 is 16.8 Å². The van der Waals surface area contributed by atoms with Crippen LogP contribution in [-0.2, 0) is 6.54 Å². The van der Waals surface area contributed by atoms with E-state index in [1.54, 1.807) is 47.5 Å². The van der Waals surface area contributed by atoms with Gasteiger partial charge in [0.2, 0.25) is 0 Å². The molecule has 25 heavy (non-hydrogen) atoms. The summed E-state index contributed by atoms with van der Waals surface area (Å²) in [5.74, 6) is -0.345. The summed E-state index contributed by atoms with van der Waals surface area (Å²) in [6.07, 6.45) is 3.43. The maximum absolute atomic E-state index is 12.2. The number of rotatable bonds is 7. The molecule has 0 bridgehead atoms. The fourth-order valence-electron chi connectivity index (χ4n) is 2.29. The Balaban J connectivity index is 2.02. The van der Waals surface area contributed by atoms with Crippen molar-refractivity contribution in [3.05, 3.63) is 53.9 Å². The summed E-state index contributed by atoms with van der Waals surface area (Å²) in [4.78, 5) is 29.4. The first-order valence-electron chi connectivity index (χ1n) is 8.16.